The molecule has 1 aromatic heterocycles. The summed E-state index contributed by atoms with van der Waals surface area (Å²) in [5.41, 5.74) is 1.82. The highest BCUT2D eigenvalue weighted by molar-refractivity contribution is 5.18. The fourth-order valence-corrected chi connectivity index (χ4v) is 3.36. The Kier molecular flexibility index (Phi) is 4.16. The van der Waals surface area contributed by atoms with Crippen molar-refractivity contribution in [1.29, 1.82) is 0 Å². The Bertz CT molecular complexity index is 328. The van der Waals surface area contributed by atoms with Crippen molar-refractivity contribution in [2.75, 3.05) is 6.54 Å². The molecule has 17 heavy (non-hydrogen) atoms. The third kappa shape index (κ3) is 2.52. The van der Waals surface area contributed by atoms with Gasteiger partial charge in [-0.25, -0.2) is 0 Å². The maximum Gasteiger partial charge on any atom is 0.0392 e. The molecule has 1 N–H and O–H groups in total. The topological polar surface area (TPSA) is 24.9 Å². The monoisotopic (exact) mass is 232 g/mol. The molecule has 0 amide bonds. The first kappa shape index (κ1) is 12.6. The number of hydrogen-bond acceptors (Lipinski definition) is 2. The van der Waals surface area contributed by atoms with Crippen molar-refractivity contribution in [3.05, 3.63) is 30.1 Å². The van der Waals surface area contributed by atoms with Crippen LogP contribution in [-0.4, -0.2) is 11.5 Å². The molecule has 0 aromatic carbocycles. The van der Waals surface area contributed by atoms with E-state index in [1.165, 1.54) is 37.7 Å². The second kappa shape index (κ2) is 5.63. The van der Waals surface area contributed by atoms with Gasteiger partial charge >= 0.3 is 0 Å². The highest BCUT2D eigenvalue weighted by atomic mass is 14.9. The average Bonchev–Trinajstić information content (AvgIpc) is 2.87. The van der Waals surface area contributed by atoms with Crippen molar-refractivity contribution in [2.24, 2.45) is 5.41 Å². The minimum Gasteiger partial charge on any atom is -0.310 e. The molecule has 2 nitrogen and oxygen atoms in total. The van der Waals surface area contributed by atoms with E-state index < -0.39 is 0 Å². The van der Waals surface area contributed by atoms with E-state index in [1.54, 1.807) is 0 Å². The molecule has 0 saturated heterocycles. The second-order valence-electron chi connectivity index (χ2n) is 5.20. The minimum atomic E-state index is 0.457. The summed E-state index contributed by atoms with van der Waals surface area (Å²) in [5, 5.41) is 3.69. The van der Waals surface area contributed by atoms with Crippen molar-refractivity contribution in [3.63, 3.8) is 0 Å². The van der Waals surface area contributed by atoms with Crippen molar-refractivity contribution in [3.8, 4) is 0 Å². The first-order chi connectivity index (χ1) is 8.32. The Balaban J connectivity index is 2.27. The lowest BCUT2D eigenvalue weighted by Crippen LogP contribution is -2.36. The Morgan fingerprint density at radius 1 is 1.35 bits per heavy atom. The van der Waals surface area contributed by atoms with Crippen molar-refractivity contribution >= 4 is 0 Å². The molecule has 1 aromatic rings. The molecule has 0 radical (unpaired) electrons. The minimum absolute atomic E-state index is 0.457. The summed E-state index contributed by atoms with van der Waals surface area (Å²) in [6, 6.07) is 4.75. The summed E-state index contributed by atoms with van der Waals surface area (Å²) >= 11 is 0. The van der Waals surface area contributed by atoms with Gasteiger partial charge in [0.15, 0.2) is 0 Å². The predicted molar refractivity (Wildman–Crippen MR) is 71.8 cm³/mol. The summed E-state index contributed by atoms with van der Waals surface area (Å²) in [6.45, 7) is 5.56. The van der Waals surface area contributed by atoms with Gasteiger partial charge in [-0.15, -0.1) is 0 Å². The lowest BCUT2D eigenvalue weighted by molar-refractivity contribution is 0.189. The van der Waals surface area contributed by atoms with E-state index >= 15 is 0 Å². The van der Waals surface area contributed by atoms with Gasteiger partial charge in [-0.05, 0) is 42.9 Å². The first-order valence-corrected chi connectivity index (χ1v) is 6.95. The summed E-state index contributed by atoms with van der Waals surface area (Å²) in [7, 11) is 0. The SMILES string of the molecule is CCNC(c1cccnc1)C1(CC)CCCC1. The molecular formula is C15H24N2. The van der Waals surface area contributed by atoms with Gasteiger partial charge in [0, 0.05) is 18.4 Å². The summed E-state index contributed by atoms with van der Waals surface area (Å²) in [5.74, 6) is 0. The highest BCUT2D eigenvalue weighted by Crippen LogP contribution is 2.49. The number of aromatic nitrogens is 1. The number of hydrogen-bond donors (Lipinski definition) is 1. The Morgan fingerprint density at radius 2 is 2.12 bits per heavy atom. The van der Waals surface area contributed by atoms with Crippen LogP contribution in [-0.2, 0) is 0 Å². The van der Waals surface area contributed by atoms with E-state index in [4.69, 9.17) is 0 Å². The van der Waals surface area contributed by atoms with E-state index in [2.05, 4.69) is 36.3 Å². The molecule has 1 fully saturated rings. The maximum atomic E-state index is 4.28. The lowest BCUT2D eigenvalue weighted by Gasteiger charge is -2.37. The van der Waals surface area contributed by atoms with E-state index in [9.17, 15) is 0 Å². The maximum absolute atomic E-state index is 4.28. The van der Waals surface area contributed by atoms with Crippen LogP contribution in [0.1, 0.15) is 57.6 Å². The summed E-state index contributed by atoms with van der Waals surface area (Å²) in [6.07, 6.45) is 10.6. The standard InChI is InChI=1S/C15H24N2/c1-3-15(9-5-6-10-15)14(17-4-2)13-8-7-11-16-12-13/h7-8,11-12,14,17H,3-6,9-10H2,1-2H3. The number of nitrogens with one attached hydrogen (secondary N) is 1. The summed E-state index contributed by atoms with van der Waals surface area (Å²) in [4.78, 5) is 4.28. The molecular weight excluding hydrogens is 208 g/mol. The normalized spacial score (nSPS) is 20.4. The zero-order valence-electron chi connectivity index (χ0n) is 11.1. The second-order valence-corrected chi connectivity index (χ2v) is 5.20. The molecule has 94 valence electrons. The predicted octanol–water partition coefficient (Wildman–Crippen LogP) is 3.70. The largest absolute Gasteiger partial charge is 0.310 e. The number of pyridine rings is 1. The van der Waals surface area contributed by atoms with E-state index in [0.29, 0.717) is 11.5 Å². The van der Waals surface area contributed by atoms with E-state index in [1.807, 2.05) is 12.4 Å². The van der Waals surface area contributed by atoms with Crippen LogP contribution < -0.4 is 5.32 Å². The van der Waals surface area contributed by atoms with Crippen LogP contribution in [0, 0.1) is 5.41 Å². The van der Waals surface area contributed by atoms with Gasteiger partial charge in [0.25, 0.3) is 0 Å². The van der Waals surface area contributed by atoms with Gasteiger partial charge in [0.05, 0.1) is 0 Å². The van der Waals surface area contributed by atoms with Crippen LogP contribution >= 0.6 is 0 Å². The molecule has 0 aliphatic heterocycles. The molecule has 1 unspecified atom stereocenters. The molecule has 1 aliphatic rings. The van der Waals surface area contributed by atoms with E-state index in [0.717, 1.165) is 6.54 Å². The van der Waals surface area contributed by atoms with Crippen LogP contribution in [0.5, 0.6) is 0 Å². The summed E-state index contributed by atoms with van der Waals surface area (Å²) < 4.78 is 0. The number of rotatable bonds is 5. The quantitative estimate of drug-likeness (QED) is 0.837. The molecule has 1 atom stereocenters. The van der Waals surface area contributed by atoms with Crippen molar-refractivity contribution in [2.45, 2.75) is 52.0 Å². The fourth-order valence-electron chi connectivity index (χ4n) is 3.36. The zero-order valence-corrected chi connectivity index (χ0v) is 11.1. The Hall–Kier alpha value is -0.890. The average molecular weight is 232 g/mol. The Labute approximate surface area is 105 Å². The van der Waals surface area contributed by atoms with Gasteiger partial charge < -0.3 is 5.32 Å². The molecule has 1 saturated carbocycles. The van der Waals surface area contributed by atoms with Crippen LogP contribution in [0.15, 0.2) is 24.5 Å². The first-order valence-electron chi connectivity index (χ1n) is 6.95. The number of nitrogens with zero attached hydrogens (tertiary/aromatic N) is 1. The van der Waals surface area contributed by atoms with E-state index in [-0.39, 0.29) is 0 Å². The molecule has 0 bridgehead atoms. The lowest BCUT2D eigenvalue weighted by atomic mass is 9.73. The molecule has 2 heteroatoms. The van der Waals surface area contributed by atoms with Gasteiger partial charge in [-0.3, -0.25) is 4.98 Å². The molecule has 1 heterocycles. The van der Waals surface area contributed by atoms with Crippen molar-refractivity contribution < 1.29 is 0 Å². The third-order valence-corrected chi connectivity index (χ3v) is 4.34. The smallest absolute Gasteiger partial charge is 0.0392 e. The third-order valence-electron chi connectivity index (χ3n) is 4.34. The van der Waals surface area contributed by atoms with Crippen LogP contribution in [0.2, 0.25) is 0 Å². The van der Waals surface area contributed by atoms with Gasteiger partial charge in [0.1, 0.15) is 0 Å². The Morgan fingerprint density at radius 3 is 2.65 bits per heavy atom. The van der Waals surface area contributed by atoms with Crippen LogP contribution in [0.4, 0.5) is 0 Å². The van der Waals surface area contributed by atoms with Crippen molar-refractivity contribution in [1.82, 2.24) is 10.3 Å². The van der Waals surface area contributed by atoms with Crippen LogP contribution in [0.25, 0.3) is 0 Å². The molecule has 0 spiro atoms. The fraction of sp³-hybridized carbons (Fsp3) is 0.667. The molecule has 1 aliphatic carbocycles. The van der Waals surface area contributed by atoms with Gasteiger partial charge in [0.2, 0.25) is 0 Å². The highest BCUT2D eigenvalue weighted by Gasteiger charge is 2.40. The zero-order chi connectivity index (χ0) is 12.1. The van der Waals surface area contributed by atoms with Gasteiger partial charge in [-0.2, -0.15) is 0 Å². The van der Waals surface area contributed by atoms with Gasteiger partial charge in [-0.1, -0.05) is 32.8 Å². The molecule has 2 rings (SSSR count). The van der Waals surface area contributed by atoms with Crippen LogP contribution in [0.3, 0.4) is 0 Å².